The molecule has 3 amide bonds. The number of hydrogen-bond donors (Lipinski definition) is 4. The Morgan fingerprint density at radius 3 is 1.95 bits per heavy atom. The van der Waals surface area contributed by atoms with Gasteiger partial charge in [0, 0.05) is 19.5 Å². The highest BCUT2D eigenvalue weighted by Gasteiger charge is 2.30. The molecule has 1 aliphatic rings. The van der Waals surface area contributed by atoms with Crippen LogP contribution in [-0.4, -0.2) is 84.7 Å². The molecule has 0 unspecified atom stereocenters. The first-order chi connectivity index (χ1) is 19.7. The van der Waals surface area contributed by atoms with E-state index in [1.54, 1.807) is 24.3 Å². The molecule has 2 aromatic carbocycles. The normalized spacial score (nSPS) is 15.9. The van der Waals surface area contributed by atoms with E-state index in [1.807, 2.05) is 55.1 Å². The Balaban J connectivity index is 1.70. The van der Waals surface area contributed by atoms with Crippen LogP contribution >= 0.6 is 0 Å². The van der Waals surface area contributed by atoms with Crippen LogP contribution < -0.4 is 16.0 Å². The van der Waals surface area contributed by atoms with E-state index in [0.717, 1.165) is 11.1 Å². The third-order valence-electron chi connectivity index (χ3n) is 6.92. The molecule has 0 aromatic heterocycles. The van der Waals surface area contributed by atoms with E-state index in [1.165, 1.54) is 0 Å². The van der Waals surface area contributed by atoms with Crippen molar-refractivity contribution in [2.45, 2.75) is 57.7 Å². The summed E-state index contributed by atoms with van der Waals surface area (Å²) in [6, 6.07) is 15.7. The lowest BCUT2D eigenvalue weighted by Gasteiger charge is -2.28. The van der Waals surface area contributed by atoms with Gasteiger partial charge in [-0.05, 0) is 36.3 Å². The highest BCUT2D eigenvalue weighted by Crippen LogP contribution is 2.11. The van der Waals surface area contributed by atoms with Crippen LogP contribution in [0.5, 0.6) is 0 Å². The molecule has 1 aliphatic heterocycles. The van der Waals surface area contributed by atoms with Crippen molar-refractivity contribution in [2.75, 3.05) is 32.8 Å². The van der Waals surface area contributed by atoms with Crippen molar-refractivity contribution >= 4 is 23.7 Å². The molecular weight excluding hydrogens is 524 g/mol. The number of aryl methyl sites for hydroxylation is 1. The number of hydrogen-bond acceptors (Lipinski definition) is 6. The first kappa shape index (κ1) is 31.8. The number of rotatable bonds is 15. The molecule has 41 heavy (non-hydrogen) atoms. The minimum atomic E-state index is -1.16. The average Bonchev–Trinajstić information content (AvgIpc) is 2.95. The van der Waals surface area contributed by atoms with Gasteiger partial charge in [-0.3, -0.25) is 19.3 Å². The smallest absolute Gasteiger partial charge is 0.326 e. The van der Waals surface area contributed by atoms with Crippen LogP contribution in [-0.2, 0) is 36.8 Å². The zero-order valence-corrected chi connectivity index (χ0v) is 23.9. The fourth-order valence-corrected chi connectivity index (χ4v) is 4.72. The monoisotopic (exact) mass is 566 g/mol. The summed E-state index contributed by atoms with van der Waals surface area (Å²) in [6.45, 7) is 6.37. The molecule has 0 bridgehead atoms. The molecule has 222 valence electrons. The van der Waals surface area contributed by atoms with Crippen molar-refractivity contribution in [1.29, 1.82) is 0 Å². The Morgan fingerprint density at radius 1 is 0.805 bits per heavy atom. The Hall–Kier alpha value is -3.76. The number of ether oxygens (including phenoxy) is 1. The molecule has 10 nitrogen and oxygen atoms in total. The Kier molecular flexibility index (Phi) is 12.8. The lowest BCUT2D eigenvalue weighted by Crippen LogP contribution is -2.57. The van der Waals surface area contributed by atoms with Crippen LogP contribution in [0.25, 0.3) is 0 Å². The number of nitrogens with zero attached hydrogens (tertiary/aromatic N) is 1. The molecule has 10 heteroatoms. The lowest BCUT2D eigenvalue weighted by molar-refractivity contribution is -0.142. The van der Waals surface area contributed by atoms with Gasteiger partial charge in [-0.25, -0.2) is 4.79 Å². The maximum absolute atomic E-state index is 13.5. The standard InChI is InChI=1S/C31H42N4O6/c1-22(2)19-26(30(38)34-27(31(39)40)20-24-11-7-4-8-12-24)33-29(37)25(14-13-23-9-5-3-6-10-23)32-28(36)21-35-15-17-41-18-16-35/h3-12,22,25-27H,13-21H2,1-2H3,(H,32,36)(H,33,37)(H,34,38)(H,39,40)/t25-,26-,27+/m1/s1. The van der Waals surface area contributed by atoms with Crippen molar-refractivity contribution in [3.05, 3.63) is 71.8 Å². The second kappa shape index (κ2) is 16.5. The molecule has 0 radical (unpaired) electrons. The van der Waals surface area contributed by atoms with Crippen molar-refractivity contribution in [1.82, 2.24) is 20.9 Å². The van der Waals surface area contributed by atoms with Crippen LogP contribution in [0, 0.1) is 5.92 Å². The molecule has 3 rings (SSSR count). The minimum Gasteiger partial charge on any atom is -0.480 e. The number of amides is 3. The largest absolute Gasteiger partial charge is 0.480 e. The topological polar surface area (TPSA) is 137 Å². The molecular formula is C31H42N4O6. The fourth-order valence-electron chi connectivity index (χ4n) is 4.72. The number of nitrogens with one attached hydrogen (secondary N) is 3. The van der Waals surface area contributed by atoms with Crippen molar-refractivity contribution in [3.8, 4) is 0 Å². The van der Waals surface area contributed by atoms with E-state index in [2.05, 4.69) is 16.0 Å². The summed E-state index contributed by atoms with van der Waals surface area (Å²) in [5, 5.41) is 18.1. The first-order valence-corrected chi connectivity index (χ1v) is 14.2. The second-order valence-corrected chi connectivity index (χ2v) is 10.8. The predicted molar refractivity (Wildman–Crippen MR) is 155 cm³/mol. The summed E-state index contributed by atoms with van der Waals surface area (Å²) in [5.74, 6) is -2.45. The van der Waals surface area contributed by atoms with E-state index in [-0.39, 0.29) is 24.8 Å². The van der Waals surface area contributed by atoms with E-state index < -0.39 is 35.9 Å². The molecule has 1 heterocycles. The highest BCUT2D eigenvalue weighted by molar-refractivity contribution is 5.93. The number of carbonyl (C=O) groups excluding carboxylic acids is 3. The zero-order chi connectivity index (χ0) is 29.6. The van der Waals surface area contributed by atoms with Crippen LogP contribution in [0.3, 0.4) is 0 Å². The van der Waals surface area contributed by atoms with Gasteiger partial charge in [0.1, 0.15) is 18.1 Å². The number of carboxylic acid groups (broad SMARTS) is 1. The molecule has 0 aliphatic carbocycles. The third kappa shape index (κ3) is 11.3. The van der Waals surface area contributed by atoms with Gasteiger partial charge in [0.05, 0.1) is 19.8 Å². The van der Waals surface area contributed by atoms with Gasteiger partial charge in [-0.15, -0.1) is 0 Å². The summed E-state index contributed by atoms with van der Waals surface area (Å²) in [5.41, 5.74) is 1.79. The molecule has 0 saturated carbocycles. The predicted octanol–water partition coefficient (Wildman–Crippen LogP) is 1.78. The quantitative estimate of drug-likeness (QED) is 0.258. The van der Waals surface area contributed by atoms with Gasteiger partial charge in [-0.2, -0.15) is 0 Å². The van der Waals surface area contributed by atoms with Crippen LogP contribution in [0.15, 0.2) is 60.7 Å². The summed E-state index contributed by atoms with van der Waals surface area (Å²) < 4.78 is 5.35. The van der Waals surface area contributed by atoms with Gasteiger partial charge in [0.25, 0.3) is 0 Å². The molecule has 3 atom stereocenters. The second-order valence-electron chi connectivity index (χ2n) is 10.8. The Labute approximate surface area is 241 Å². The van der Waals surface area contributed by atoms with Crippen LogP contribution in [0.2, 0.25) is 0 Å². The molecule has 1 saturated heterocycles. The van der Waals surface area contributed by atoms with Gasteiger partial charge >= 0.3 is 5.97 Å². The lowest BCUT2D eigenvalue weighted by atomic mass is 10.00. The third-order valence-corrected chi connectivity index (χ3v) is 6.92. The molecule has 2 aromatic rings. The first-order valence-electron chi connectivity index (χ1n) is 14.2. The summed E-state index contributed by atoms with van der Waals surface area (Å²) in [6.07, 6.45) is 1.31. The highest BCUT2D eigenvalue weighted by atomic mass is 16.5. The van der Waals surface area contributed by atoms with Crippen LogP contribution in [0.1, 0.15) is 37.8 Å². The number of aliphatic carboxylic acids is 1. The van der Waals surface area contributed by atoms with Crippen molar-refractivity contribution < 1.29 is 29.0 Å². The number of carboxylic acids is 1. The summed E-state index contributed by atoms with van der Waals surface area (Å²) in [7, 11) is 0. The van der Waals surface area contributed by atoms with Crippen LogP contribution in [0.4, 0.5) is 0 Å². The van der Waals surface area contributed by atoms with E-state index >= 15 is 0 Å². The summed E-state index contributed by atoms with van der Waals surface area (Å²) >= 11 is 0. The minimum absolute atomic E-state index is 0.0436. The molecule has 1 fully saturated rings. The van der Waals surface area contributed by atoms with Gasteiger partial charge in [0.15, 0.2) is 0 Å². The van der Waals surface area contributed by atoms with Crippen molar-refractivity contribution in [2.24, 2.45) is 5.92 Å². The Bertz CT molecular complexity index is 1120. The fraction of sp³-hybridized carbons (Fsp3) is 0.484. The average molecular weight is 567 g/mol. The van der Waals surface area contributed by atoms with Gasteiger partial charge < -0.3 is 25.8 Å². The van der Waals surface area contributed by atoms with Gasteiger partial charge in [-0.1, -0.05) is 74.5 Å². The van der Waals surface area contributed by atoms with Gasteiger partial charge in [0.2, 0.25) is 17.7 Å². The van der Waals surface area contributed by atoms with E-state index in [4.69, 9.17) is 4.74 Å². The maximum Gasteiger partial charge on any atom is 0.326 e. The van der Waals surface area contributed by atoms with E-state index in [9.17, 15) is 24.3 Å². The SMILES string of the molecule is CC(C)C[C@@H](NC(=O)[C@@H](CCc1ccccc1)NC(=O)CN1CCOCC1)C(=O)N[C@@H](Cc1ccccc1)C(=O)O. The van der Waals surface area contributed by atoms with Crippen molar-refractivity contribution in [3.63, 3.8) is 0 Å². The van der Waals surface area contributed by atoms with E-state index in [0.29, 0.717) is 45.6 Å². The maximum atomic E-state index is 13.5. The summed E-state index contributed by atoms with van der Waals surface area (Å²) in [4.78, 5) is 53.7. The zero-order valence-electron chi connectivity index (χ0n) is 23.9. The molecule has 0 spiro atoms. The Morgan fingerprint density at radius 2 is 1.37 bits per heavy atom. The molecule has 4 N–H and O–H groups in total. The number of morpholine rings is 1. The number of carbonyl (C=O) groups is 4. The number of benzene rings is 2.